The topological polar surface area (TPSA) is 21.3 Å². The molecule has 2 rings (SSSR count). The lowest BCUT2D eigenvalue weighted by Gasteiger charge is -2.15. The number of benzene rings is 2. The largest absolute Gasteiger partial charge is 0.497 e. The Balaban J connectivity index is 2.41. The average Bonchev–Trinajstić information content (AvgIpc) is 2.46. The molecule has 0 saturated heterocycles. The summed E-state index contributed by atoms with van der Waals surface area (Å²) in [5.74, 6) is 0.873. The maximum atomic E-state index is 6.40. The number of hydrogen-bond donors (Lipinski definition) is 1. The minimum Gasteiger partial charge on any atom is -0.497 e. The van der Waals surface area contributed by atoms with Crippen molar-refractivity contribution in [3.63, 3.8) is 0 Å². The highest BCUT2D eigenvalue weighted by Crippen LogP contribution is 2.31. The second kappa shape index (κ2) is 6.29. The van der Waals surface area contributed by atoms with Gasteiger partial charge >= 0.3 is 0 Å². The van der Waals surface area contributed by atoms with Crippen LogP contribution in [0.1, 0.15) is 24.1 Å². The summed E-state index contributed by atoms with van der Waals surface area (Å²) in [5.41, 5.74) is 4.59. The number of nitrogens with one attached hydrogen (secondary N) is 1. The first-order valence-electron chi connectivity index (χ1n) is 6.68. The van der Waals surface area contributed by atoms with Crippen LogP contribution in [0.15, 0.2) is 36.4 Å². The third kappa shape index (κ3) is 2.97. The Kier molecular flexibility index (Phi) is 4.69. The molecule has 1 atom stereocenters. The number of rotatable bonds is 4. The van der Waals surface area contributed by atoms with Crippen LogP contribution in [0.4, 0.5) is 0 Å². The molecule has 3 heteroatoms. The van der Waals surface area contributed by atoms with Gasteiger partial charge in [0.15, 0.2) is 0 Å². The molecule has 1 N–H and O–H groups in total. The molecule has 0 bridgehead atoms. The Morgan fingerprint density at radius 2 is 1.90 bits per heavy atom. The highest BCUT2D eigenvalue weighted by Gasteiger charge is 2.10. The van der Waals surface area contributed by atoms with Crippen LogP contribution in [0.3, 0.4) is 0 Å². The molecule has 0 aliphatic heterocycles. The van der Waals surface area contributed by atoms with Gasteiger partial charge in [-0.2, -0.15) is 0 Å². The summed E-state index contributed by atoms with van der Waals surface area (Å²) in [6, 6.07) is 12.6. The number of methoxy groups -OCH3 is 1. The van der Waals surface area contributed by atoms with E-state index in [2.05, 4.69) is 37.4 Å². The van der Waals surface area contributed by atoms with E-state index in [0.29, 0.717) is 0 Å². The van der Waals surface area contributed by atoms with Crippen molar-refractivity contribution in [1.82, 2.24) is 5.32 Å². The van der Waals surface area contributed by atoms with E-state index < -0.39 is 0 Å². The van der Waals surface area contributed by atoms with Gasteiger partial charge in [0.1, 0.15) is 5.75 Å². The summed E-state index contributed by atoms with van der Waals surface area (Å²) in [7, 11) is 3.61. The zero-order chi connectivity index (χ0) is 14.7. The Morgan fingerprint density at radius 3 is 2.45 bits per heavy atom. The van der Waals surface area contributed by atoms with Crippen LogP contribution in [0.25, 0.3) is 11.1 Å². The minimum absolute atomic E-state index is 0.244. The molecule has 0 radical (unpaired) electrons. The molecule has 0 fully saturated rings. The van der Waals surface area contributed by atoms with Gasteiger partial charge < -0.3 is 10.1 Å². The molecule has 2 aromatic rings. The van der Waals surface area contributed by atoms with Crippen molar-refractivity contribution >= 4 is 11.6 Å². The van der Waals surface area contributed by atoms with E-state index in [1.165, 1.54) is 11.1 Å². The SMILES string of the molecule is CNC(C)c1ccc(-c2ccc(OC)cc2C)cc1Cl. The van der Waals surface area contributed by atoms with Gasteiger partial charge in [0.25, 0.3) is 0 Å². The van der Waals surface area contributed by atoms with Gasteiger partial charge in [0.05, 0.1) is 7.11 Å². The quantitative estimate of drug-likeness (QED) is 0.888. The molecular weight excluding hydrogens is 270 g/mol. The normalized spacial score (nSPS) is 12.2. The molecule has 0 heterocycles. The molecule has 0 aromatic heterocycles. The van der Waals surface area contributed by atoms with Crippen LogP contribution < -0.4 is 10.1 Å². The van der Waals surface area contributed by atoms with Gasteiger partial charge in [-0.05, 0) is 61.3 Å². The van der Waals surface area contributed by atoms with Gasteiger partial charge in [-0.3, -0.25) is 0 Å². The van der Waals surface area contributed by atoms with E-state index in [4.69, 9.17) is 16.3 Å². The Labute approximate surface area is 125 Å². The van der Waals surface area contributed by atoms with Crippen LogP contribution in [0.2, 0.25) is 5.02 Å². The first-order valence-corrected chi connectivity index (χ1v) is 7.06. The van der Waals surface area contributed by atoms with Gasteiger partial charge in [-0.25, -0.2) is 0 Å². The second-order valence-corrected chi connectivity index (χ2v) is 5.33. The standard InChI is InChI=1S/C17H20ClNO/c1-11-9-14(20-4)6-8-15(11)13-5-7-16(12(2)19-3)17(18)10-13/h5-10,12,19H,1-4H3. The molecule has 106 valence electrons. The van der Waals surface area contributed by atoms with Crippen LogP contribution >= 0.6 is 11.6 Å². The minimum atomic E-state index is 0.244. The van der Waals surface area contributed by atoms with E-state index in [0.717, 1.165) is 21.9 Å². The van der Waals surface area contributed by atoms with E-state index in [-0.39, 0.29) is 6.04 Å². The summed E-state index contributed by atoms with van der Waals surface area (Å²) >= 11 is 6.40. The first kappa shape index (κ1) is 14.9. The van der Waals surface area contributed by atoms with Gasteiger partial charge in [0.2, 0.25) is 0 Å². The lowest BCUT2D eigenvalue weighted by molar-refractivity contribution is 0.414. The van der Waals surface area contributed by atoms with Crippen LogP contribution in [0, 0.1) is 6.92 Å². The van der Waals surface area contributed by atoms with Crippen molar-refractivity contribution in [2.45, 2.75) is 19.9 Å². The van der Waals surface area contributed by atoms with Crippen LogP contribution in [-0.2, 0) is 0 Å². The van der Waals surface area contributed by atoms with E-state index in [1.54, 1.807) is 7.11 Å². The monoisotopic (exact) mass is 289 g/mol. The molecule has 0 aliphatic carbocycles. The Hall–Kier alpha value is -1.51. The molecule has 0 amide bonds. The number of ether oxygens (including phenoxy) is 1. The molecular formula is C17H20ClNO. The highest BCUT2D eigenvalue weighted by molar-refractivity contribution is 6.31. The van der Waals surface area contributed by atoms with Crippen LogP contribution in [-0.4, -0.2) is 14.2 Å². The van der Waals surface area contributed by atoms with Crippen molar-refractivity contribution in [2.75, 3.05) is 14.2 Å². The molecule has 1 unspecified atom stereocenters. The maximum Gasteiger partial charge on any atom is 0.119 e. The van der Waals surface area contributed by atoms with E-state index >= 15 is 0 Å². The summed E-state index contributed by atoms with van der Waals surface area (Å²) in [5, 5.41) is 4.00. The van der Waals surface area contributed by atoms with Crippen molar-refractivity contribution in [3.8, 4) is 16.9 Å². The van der Waals surface area contributed by atoms with Crippen molar-refractivity contribution < 1.29 is 4.74 Å². The van der Waals surface area contributed by atoms with Crippen LogP contribution in [0.5, 0.6) is 5.75 Å². The van der Waals surface area contributed by atoms with Gasteiger partial charge in [0, 0.05) is 11.1 Å². The summed E-state index contributed by atoms with van der Waals surface area (Å²) in [6.07, 6.45) is 0. The fourth-order valence-electron chi connectivity index (χ4n) is 2.29. The maximum absolute atomic E-state index is 6.40. The molecule has 0 spiro atoms. The first-order chi connectivity index (χ1) is 9.56. The van der Waals surface area contributed by atoms with E-state index in [1.807, 2.05) is 25.2 Å². The highest BCUT2D eigenvalue weighted by atomic mass is 35.5. The van der Waals surface area contributed by atoms with Gasteiger partial charge in [-0.15, -0.1) is 0 Å². The third-order valence-corrected chi connectivity index (χ3v) is 3.97. The zero-order valence-electron chi connectivity index (χ0n) is 12.3. The average molecular weight is 290 g/mol. The zero-order valence-corrected chi connectivity index (χ0v) is 13.1. The van der Waals surface area contributed by atoms with Crippen molar-refractivity contribution in [2.24, 2.45) is 0 Å². The number of hydrogen-bond acceptors (Lipinski definition) is 2. The summed E-state index contributed by atoms with van der Waals surface area (Å²) < 4.78 is 5.24. The second-order valence-electron chi connectivity index (χ2n) is 4.93. The van der Waals surface area contributed by atoms with Crippen molar-refractivity contribution in [3.05, 3.63) is 52.5 Å². The smallest absolute Gasteiger partial charge is 0.119 e. The Bertz CT molecular complexity index is 610. The van der Waals surface area contributed by atoms with Crippen molar-refractivity contribution in [1.29, 1.82) is 0 Å². The number of halogens is 1. The Morgan fingerprint density at radius 1 is 1.15 bits per heavy atom. The lowest BCUT2D eigenvalue weighted by Crippen LogP contribution is -2.12. The lowest BCUT2D eigenvalue weighted by atomic mass is 9.98. The molecule has 2 aromatic carbocycles. The predicted molar refractivity (Wildman–Crippen MR) is 85.7 cm³/mol. The fourth-order valence-corrected chi connectivity index (χ4v) is 2.63. The fraction of sp³-hybridized carbons (Fsp3) is 0.294. The number of aryl methyl sites for hydroxylation is 1. The third-order valence-electron chi connectivity index (χ3n) is 3.64. The molecule has 0 aliphatic rings. The summed E-state index contributed by atoms with van der Waals surface area (Å²) in [4.78, 5) is 0. The molecule has 2 nitrogen and oxygen atoms in total. The van der Waals surface area contributed by atoms with Gasteiger partial charge in [-0.1, -0.05) is 29.8 Å². The predicted octanol–water partition coefficient (Wildman–Crippen LogP) is 4.60. The van der Waals surface area contributed by atoms with E-state index in [9.17, 15) is 0 Å². The molecule has 20 heavy (non-hydrogen) atoms. The molecule has 0 saturated carbocycles. The summed E-state index contributed by atoms with van der Waals surface area (Å²) in [6.45, 7) is 4.18.